The third-order valence-electron chi connectivity index (χ3n) is 7.00. The van der Waals surface area contributed by atoms with Crippen LogP contribution in [0.3, 0.4) is 0 Å². The zero-order valence-corrected chi connectivity index (χ0v) is 17.7. The van der Waals surface area contributed by atoms with E-state index in [0.717, 1.165) is 76.4 Å². The Morgan fingerprint density at radius 3 is 2.66 bits per heavy atom. The number of fused-ring (bicyclic) bond motifs is 1. The second-order valence-electron chi connectivity index (χ2n) is 9.20. The number of hydrogen-bond donors (Lipinski definition) is 2. The second kappa shape index (κ2) is 9.00. The van der Waals surface area contributed by atoms with Gasteiger partial charge in [0.15, 0.2) is 5.69 Å². The molecule has 1 unspecified atom stereocenters. The van der Waals surface area contributed by atoms with Crippen LogP contribution in [0.1, 0.15) is 79.5 Å². The van der Waals surface area contributed by atoms with Gasteiger partial charge in [-0.25, -0.2) is 0 Å². The first kappa shape index (κ1) is 20.6. The molecule has 6 heteroatoms. The summed E-state index contributed by atoms with van der Waals surface area (Å²) in [6.07, 6.45) is 13.3. The zero-order chi connectivity index (χ0) is 20.3. The molecule has 2 aliphatic carbocycles. The van der Waals surface area contributed by atoms with E-state index in [1.807, 2.05) is 15.7 Å². The van der Waals surface area contributed by atoms with Crippen LogP contribution in [0.25, 0.3) is 0 Å². The minimum atomic E-state index is -0.558. The van der Waals surface area contributed by atoms with Crippen LogP contribution in [0.2, 0.25) is 0 Å². The van der Waals surface area contributed by atoms with Gasteiger partial charge in [-0.2, -0.15) is 5.10 Å². The Labute approximate surface area is 174 Å². The van der Waals surface area contributed by atoms with Crippen molar-refractivity contribution in [2.24, 2.45) is 0 Å². The maximum absolute atomic E-state index is 13.2. The molecule has 1 saturated carbocycles. The van der Waals surface area contributed by atoms with Gasteiger partial charge in [0.1, 0.15) is 0 Å². The molecule has 1 atom stereocenters. The van der Waals surface area contributed by atoms with Crippen LogP contribution in [0.5, 0.6) is 0 Å². The standard InChI is InChI=1S/C23H36N4O2/c1-2-13-27-20-10-9-18(24-17-23(29)11-5-3-6-12-23)16-19(20)21(25-27)22(28)26-14-7-4-8-15-26/h2,18,24,29H,1,3-17H2. The lowest BCUT2D eigenvalue weighted by atomic mass is 9.84. The summed E-state index contributed by atoms with van der Waals surface area (Å²) in [5.41, 5.74) is 2.39. The lowest BCUT2D eigenvalue weighted by Gasteiger charge is -2.35. The van der Waals surface area contributed by atoms with E-state index < -0.39 is 5.60 Å². The van der Waals surface area contributed by atoms with Gasteiger partial charge in [0, 0.05) is 36.9 Å². The number of nitrogens with one attached hydrogen (secondary N) is 1. The highest BCUT2D eigenvalue weighted by atomic mass is 16.3. The van der Waals surface area contributed by atoms with Gasteiger partial charge in [-0.15, -0.1) is 6.58 Å². The van der Waals surface area contributed by atoms with Crippen LogP contribution in [-0.2, 0) is 19.4 Å². The van der Waals surface area contributed by atoms with Crippen molar-refractivity contribution in [3.63, 3.8) is 0 Å². The van der Waals surface area contributed by atoms with E-state index in [1.165, 1.54) is 18.5 Å². The van der Waals surface area contributed by atoms with Crippen molar-refractivity contribution in [2.45, 2.75) is 88.8 Å². The van der Waals surface area contributed by atoms with E-state index in [1.54, 1.807) is 0 Å². The van der Waals surface area contributed by atoms with E-state index >= 15 is 0 Å². The first-order valence-corrected chi connectivity index (χ1v) is 11.5. The van der Waals surface area contributed by atoms with Crippen LogP contribution in [0.15, 0.2) is 12.7 Å². The van der Waals surface area contributed by atoms with Crippen LogP contribution in [0, 0.1) is 0 Å². The van der Waals surface area contributed by atoms with Gasteiger partial charge >= 0.3 is 0 Å². The molecule has 2 heterocycles. The average Bonchev–Trinajstić information content (AvgIpc) is 3.11. The van der Waals surface area contributed by atoms with E-state index in [-0.39, 0.29) is 5.91 Å². The minimum Gasteiger partial charge on any atom is -0.389 e. The van der Waals surface area contributed by atoms with Crippen molar-refractivity contribution in [3.8, 4) is 0 Å². The molecule has 0 spiro atoms. The van der Waals surface area contributed by atoms with Gasteiger partial charge < -0.3 is 15.3 Å². The first-order chi connectivity index (χ1) is 14.1. The Balaban J connectivity index is 1.49. The number of amides is 1. The summed E-state index contributed by atoms with van der Waals surface area (Å²) in [7, 11) is 0. The Morgan fingerprint density at radius 1 is 1.21 bits per heavy atom. The topological polar surface area (TPSA) is 70.4 Å². The lowest BCUT2D eigenvalue weighted by Crippen LogP contribution is -2.47. The highest BCUT2D eigenvalue weighted by Crippen LogP contribution is 2.30. The predicted octanol–water partition coefficient (Wildman–Crippen LogP) is 2.84. The molecule has 0 radical (unpaired) electrons. The molecule has 1 aromatic rings. The Hall–Kier alpha value is -1.66. The second-order valence-corrected chi connectivity index (χ2v) is 9.20. The number of rotatable bonds is 6. The Morgan fingerprint density at radius 2 is 1.93 bits per heavy atom. The van der Waals surface area contributed by atoms with Crippen LogP contribution in [-0.4, -0.2) is 57.0 Å². The van der Waals surface area contributed by atoms with Gasteiger partial charge in [-0.1, -0.05) is 25.3 Å². The number of piperidine rings is 1. The fraction of sp³-hybridized carbons (Fsp3) is 0.739. The molecule has 4 rings (SSSR count). The molecule has 1 aliphatic heterocycles. The van der Waals surface area contributed by atoms with Gasteiger partial charge in [0.25, 0.3) is 5.91 Å². The summed E-state index contributed by atoms with van der Waals surface area (Å²) in [5, 5.41) is 19.2. The summed E-state index contributed by atoms with van der Waals surface area (Å²) in [4.78, 5) is 15.2. The number of carbonyl (C=O) groups excluding carboxylic acids is 1. The number of hydrogen-bond acceptors (Lipinski definition) is 4. The highest BCUT2D eigenvalue weighted by molar-refractivity contribution is 5.94. The molecule has 2 fully saturated rings. The molecule has 160 valence electrons. The molecule has 1 amide bonds. The van der Waals surface area contributed by atoms with Crippen LogP contribution >= 0.6 is 0 Å². The summed E-state index contributed by atoms with van der Waals surface area (Å²) in [5.74, 6) is 0.0929. The molecular weight excluding hydrogens is 364 g/mol. The van der Waals surface area contributed by atoms with E-state index in [9.17, 15) is 9.90 Å². The quantitative estimate of drug-likeness (QED) is 0.721. The maximum atomic E-state index is 13.2. The van der Waals surface area contributed by atoms with E-state index in [4.69, 9.17) is 5.10 Å². The molecule has 3 aliphatic rings. The van der Waals surface area contributed by atoms with Crippen molar-refractivity contribution in [3.05, 3.63) is 29.6 Å². The summed E-state index contributed by atoms with van der Waals surface area (Å²) in [6.45, 7) is 6.85. The molecule has 2 N–H and O–H groups in total. The fourth-order valence-electron chi connectivity index (χ4n) is 5.27. The van der Waals surface area contributed by atoms with Crippen molar-refractivity contribution >= 4 is 5.91 Å². The number of nitrogens with zero attached hydrogens (tertiary/aromatic N) is 3. The Kier molecular flexibility index (Phi) is 6.40. The summed E-state index contributed by atoms with van der Waals surface area (Å²) >= 11 is 0. The molecule has 0 bridgehead atoms. The van der Waals surface area contributed by atoms with Crippen LogP contribution < -0.4 is 5.32 Å². The zero-order valence-electron chi connectivity index (χ0n) is 17.7. The lowest BCUT2D eigenvalue weighted by molar-refractivity contribution is 0.00227. The van der Waals surface area contributed by atoms with Crippen molar-refractivity contribution in [1.29, 1.82) is 0 Å². The van der Waals surface area contributed by atoms with Crippen molar-refractivity contribution in [2.75, 3.05) is 19.6 Å². The normalized spacial score (nSPS) is 24.2. The fourth-order valence-corrected chi connectivity index (χ4v) is 5.27. The number of aliphatic hydroxyl groups is 1. The largest absolute Gasteiger partial charge is 0.389 e. The predicted molar refractivity (Wildman–Crippen MR) is 114 cm³/mol. The molecular formula is C23H36N4O2. The molecule has 1 aromatic heterocycles. The van der Waals surface area contributed by atoms with Gasteiger partial charge in [0.05, 0.1) is 12.1 Å². The molecule has 6 nitrogen and oxygen atoms in total. The van der Waals surface area contributed by atoms with Gasteiger partial charge in [-0.05, 0) is 51.4 Å². The first-order valence-electron chi connectivity index (χ1n) is 11.5. The number of likely N-dealkylation sites (tertiary alicyclic amines) is 1. The average molecular weight is 401 g/mol. The Bertz CT molecular complexity index is 729. The summed E-state index contributed by atoms with van der Waals surface area (Å²) in [6, 6.07) is 0.294. The van der Waals surface area contributed by atoms with Crippen LogP contribution in [0.4, 0.5) is 0 Å². The minimum absolute atomic E-state index is 0.0929. The molecule has 0 aromatic carbocycles. The maximum Gasteiger partial charge on any atom is 0.274 e. The van der Waals surface area contributed by atoms with E-state index in [0.29, 0.717) is 24.8 Å². The van der Waals surface area contributed by atoms with Gasteiger partial charge in [-0.3, -0.25) is 9.48 Å². The van der Waals surface area contributed by atoms with Crippen molar-refractivity contribution < 1.29 is 9.90 Å². The highest BCUT2D eigenvalue weighted by Gasteiger charge is 2.33. The van der Waals surface area contributed by atoms with Gasteiger partial charge in [0.2, 0.25) is 0 Å². The smallest absolute Gasteiger partial charge is 0.274 e. The third-order valence-corrected chi connectivity index (χ3v) is 7.00. The molecule has 1 saturated heterocycles. The number of allylic oxidation sites excluding steroid dienone is 1. The SMILES string of the molecule is C=CCn1nc(C(=O)N2CCCCC2)c2c1CCC(NCC1(O)CCCCC1)C2. The number of aromatic nitrogens is 2. The van der Waals surface area contributed by atoms with Crippen molar-refractivity contribution in [1.82, 2.24) is 20.0 Å². The van der Waals surface area contributed by atoms with E-state index in [2.05, 4.69) is 11.9 Å². The molecule has 29 heavy (non-hydrogen) atoms. The number of carbonyl (C=O) groups is 1. The summed E-state index contributed by atoms with van der Waals surface area (Å²) < 4.78 is 1.98. The monoisotopic (exact) mass is 400 g/mol. The third kappa shape index (κ3) is 4.58.